The van der Waals surface area contributed by atoms with Crippen molar-refractivity contribution in [1.29, 1.82) is 0 Å². The van der Waals surface area contributed by atoms with E-state index in [2.05, 4.69) is 0 Å². The maximum Gasteiger partial charge on any atom is 0.303 e. The van der Waals surface area contributed by atoms with Gasteiger partial charge in [-0.05, 0) is 56.2 Å². The summed E-state index contributed by atoms with van der Waals surface area (Å²) in [6.07, 6.45) is 0.747. The van der Waals surface area contributed by atoms with Crippen molar-refractivity contribution in [3.8, 4) is 22.5 Å². The zero-order chi connectivity index (χ0) is 37.0. The number of fused-ring (bicyclic) bond motifs is 2. The summed E-state index contributed by atoms with van der Waals surface area (Å²) in [5.41, 5.74) is 6.25. The third-order valence-corrected chi connectivity index (χ3v) is 9.99. The Bertz CT molecular complexity index is 2450. The van der Waals surface area contributed by atoms with Crippen LogP contribution in [0.3, 0.4) is 0 Å². The second kappa shape index (κ2) is 15.2. The number of para-hydroxylation sites is 2. The maximum absolute atomic E-state index is 12.6. The standard InChI is InChI=1S/C41H38N2O8S/c1-27-11-3-6-14-34(27)42(23-9-17-39(44)45)29-19-21-31-36(25-29)51-37-26-30(43(24-10-18-40(46)47)35-15-7-4-12-28(35)2)20-22-32(37)41(31)33-13-5-8-16-38(33)52(48,49)50/h3-8,11-16,19-22,25-26H,9-10,17-18,23-24H2,1-2H3,(H2-,44,45,46,47,48,49,50). The van der Waals surface area contributed by atoms with Gasteiger partial charge in [-0.2, -0.15) is 4.58 Å². The molecule has 266 valence electrons. The average Bonchev–Trinajstić information content (AvgIpc) is 3.11. The fourth-order valence-electron chi connectivity index (χ4n) is 6.67. The number of aliphatic carboxylic acids is 2. The molecule has 0 radical (unpaired) electrons. The minimum atomic E-state index is -4.87. The molecular weight excluding hydrogens is 681 g/mol. The van der Waals surface area contributed by atoms with E-state index < -0.39 is 22.1 Å². The van der Waals surface area contributed by atoms with Gasteiger partial charge >= 0.3 is 11.9 Å². The zero-order valence-electron chi connectivity index (χ0n) is 28.8. The molecule has 4 aromatic carbocycles. The summed E-state index contributed by atoms with van der Waals surface area (Å²) >= 11 is 0. The highest BCUT2D eigenvalue weighted by Crippen LogP contribution is 2.43. The van der Waals surface area contributed by atoms with Crippen LogP contribution in [-0.2, 0) is 19.7 Å². The average molecular weight is 719 g/mol. The van der Waals surface area contributed by atoms with Crippen LogP contribution in [-0.4, -0.2) is 48.2 Å². The first-order valence-corrected chi connectivity index (χ1v) is 18.3. The lowest BCUT2D eigenvalue weighted by Gasteiger charge is -2.27. The minimum absolute atomic E-state index is 0.0117. The Kier molecular flexibility index (Phi) is 10.5. The molecule has 2 aliphatic rings. The molecule has 0 saturated heterocycles. The van der Waals surface area contributed by atoms with Crippen LogP contribution in [0, 0.1) is 13.8 Å². The third kappa shape index (κ3) is 7.75. The number of anilines is 2. The molecule has 52 heavy (non-hydrogen) atoms. The highest BCUT2D eigenvalue weighted by atomic mass is 32.2. The number of benzene rings is 5. The zero-order valence-corrected chi connectivity index (χ0v) is 29.6. The number of carbonyl (C=O) groups is 2. The molecular formula is C41H38N2O8S. The second-order valence-electron chi connectivity index (χ2n) is 12.7. The van der Waals surface area contributed by atoms with Crippen LogP contribution in [0.2, 0.25) is 0 Å². The number of hydrogen-bond donors (Lipinski definition) is 2. The normalized spacial score (nSPS) is 12.2. The first-order valence-electron chi connectivity index (χ1n) is 16.9. The van der Waals surface area contributed by atoms with Crippen LogP contribution >= 0.6 is 0 Å². The number of hydrogen-bond acceptors (Lipinski definition) is 7. The van der Waals surface area contributed by atoms with E-state index in [9.17, 15) is 32.8 Å². The predicted octanol–water partition coefficient (Wildman–Crippen LogP) is 7.70. The van der Waals surface area contributed by atoms with Gasteiger partial charge in [-0.3, -0.25) is 9.59 Å². The van der Waals surface area contributed by atoms with Gasteiger partial charge in [0.05, 0.1) is 17.4 Å². The Hall–Kier alpha value is -5.78. The number of carboxylic acids is 2. The van der Waals surface area contributed by atoms with E-state index in [1.54, 1.807) is 12.1 Å². The Balaban J connectivity index is 1.65. The monoisotopic (exact) mass is 718 g/mol. The lowest BCUT2D eigenvalue weighted by molar-refractivity contribution is -0.138. The van der Waals surface area contributed by atoms with E-state index in [4.69, 9.17) is 4.42 Å². The Morgan fingerprint density at radius 3 is 2.15 bits per heavy atom. The molecule has 10 nitrogen and oxygen atoms in total. The quantitative estimate of drug-likeness (QED) is 0.0696. The van der Waals surface area contributed by atoms with Gasteiger partial charge in [0, 0.05) is 76.6 Å². The summed E-state index contributed by atoms with van der Waals surface area (Å²) in [4.78, 5) is 24.5. The molecule has 0 aromatic heterocycles. The molecule has 6 rings (SSSR count). The van der Waals surface area contributed by atoms with Crippen LogP contribution < -0.4 is 14.8 Å². The third-order valence-electron chi connectivity index (χ3n) is 9.10. The summed E-state index contributed by atoms with van der Waals surface area (Å²) in [5.74, 6) is -1.36. The van der Waals surface area contributed by atoms with Crippen molar-refractivity contribution in [1.82, 2.24) is 4.58 Å². The second-order valence-corrected chi connectivity index (χ2v) is 14.0. The lowest BCUT2D eigenvalue weighted by atomic mass is 9.93. The molecule has 0 amide bonds. The van der Waals surface area contributed by atoms with E-state index in [0.29, 0.717) is 53.8 Å². The smallest absolute Gasteiger partial charge is 0.303 e. The van der Waals surface area contributed by atoms with Gasteiger partial charge in [0.25, 0.3) is 0 Å². The van der Waals surface area contributed by atoms with Crippen molar-refractivity contribution in [3.63, 3.8) is 0 Å². The van der Waals surface area contributed by atoms with Crippen LogP contribution in [0.15, 0.2) is 119 Å². The summed E-state index contributed by atoms with van der Waals surface area (Å²) in [6.45, 7) is 4.78. The van der Waals surface area contributed by atoms with Crippen LogP contribution in [0.1, 0.15) is 36.8 Å². The van der Waals surface area contributed by atoms with E-state index in [1.165, 1.54) is 12.1 Å². The molecule has 0 unspecified atom stereocenters. The van der Waals surface area contributed by atoms with Crippen molar-refractivity contribution in [3.05, 3.63) is 126 Å². The molecule has 1 aliphatic heterocycles. The van der Waals surface area contributed by atoms with Gasteiger partial charge in [0.15, 0.2) is 0 Å². The lowest BCUT2D eigenvalue weighted by Crippen LogP contribution is -2.27. The predicted molar refractivity (Wildman–Crippen MR) is 199 cm³/mol. The van der Waals surface area contributed by atoms with E-state index in [0.717, 1.165) is 33.5 Å². The molecule has 4 aromatic rings. The molecule has 11 heteroatoms. The summed E-state index contributed by atoms with van der Waals surface area (Å²) < 4.78 is 46.5. The minimum Gasteiger partial charge on any atom is -0.744 e. The van der Waals surface area contributed by atoms with Gasteiger partial charge in [-0.1, -0.05) is 54.6 Å². The van der Waals surface area contributed by atoms with Crippen molar-refractivity contribution < 1.29 is 37.2 Å². The summed E-state index contributed by atoms with van der Waals surface area (Å²) in [5, 5.41) is 20.1. The Morgan fingerprint density at radius 2 is 1.44 bits per heavy atom. The fourth-order valence-corrected chi connectivity index (χ4v) is 7.36. The Morgan fingerprint density at radius 1 is 0.769 bits per heavy atom. The van der Waals surface area contributed by atoms with Gasteiger partial charge < -0.3 is 24.1 Å². The highest BCUT2D eigenvalue weighted by molar-refractivity contribution is 7.85. The van der Waals surface area contributed by atoms with Crippen LogP contribution in [0.4, 0.5) is 17.1 Å². The van der Waals surface area contributed by atoms with Crippen molar-refractivity contribution in [2.45, 2.75) is 44.4 Å². The molecule has 1 heterocycles. The molecule has 0 saturated carbocycles. The molecule has 1 aliphatic carbocycles. The van der Waals surface area contributed by atoms with E-state index in [1.807, 2.05) is 108 Å². The first kappa shape index (κ1) is 36.0. The summed E-state index contributed by atoms with van der Waals surface area (Å²) in [7, 11) is -4.87. The SMILES string of the molecule is Cc1ccccc1N(CCCC(=O)O)c1ccc2c(-c3ccccc3S(=O)(=O)[O-])c3ccc(=[N+](CCCC(=O)O)c4ccccc4C)cc-3oc2c1. The molecule has 0 spiro atoms. The Labute approximate surface area is 301 Å². The number of carboxylic acid groups (broad SMARTS) is 2. The molecule has 0 bridgehead atoms. The molecule has 2 N–H and O–H groups in total. The van der Waals surface area contributed by atoms with Crippen molar-refractivity contribution in [2.75, 3.05) is 18.0 Å². The largest absolute Gasteiger partial charge is 0.744 e. The first-order chi connectivity index (χ1) is 24.9. The maximum atomic E-state index is 12.6. The van der Waals surface area contributed by atoms with Gasteiger partial charge in [0.1, 0.15) is 28.0 Å². The number of aryl methyl sites for hydroxylation is 2. The highest BCUT2D eigenvalue weighted by Gasteiger charge is 2.24. The molecule has 0 fully saturated rings. The van der Waals surface area contributed by atoms with Gasteiger partial charge in [-0.25, -0.2) is 8.42 Å². The summed E-state index contributed by atoms with van der Waals surface area (Å²) in [6, 6.07) is 32.8. The van der Waals surface area contributed by atoms with E-state index in [-0.39, 0.29) is 23.3 Å². The van der Waals surface area contributed by atoms with Gasteiger partial charge in [0.2, 0.25) is 11.0 Å². The van der Waals surface area contributed by atoms with Crippen LogP contribution in [0.25, 0.3) is 33.4 Å². The van der Waals surface area contributed by atoms with Gasteiger partial charge in [-0.15, -0.1) is 0 Å². The van der Waals surface area contributed by atoms with Crippen molar-refractivity contribution >= 4 is 50.1 Å². The van der Waals surface area contributed by atoms with Crippen LogP contribution in [0.5, 0.6) is 0 Å². The topological polar surface area (TPSA) is 151 Å². The van der Waals surface area contributed by atoms with E-state index >= 15 is 0 Å². The fraction of sp³-hybridized carbons (Fsp3) is 0.195. The molecule has 0 atom stereocenters. The number of rotatable bonds is 13. The number of nitrogens with zero attached hydrogens (tertiary/aromatic N) is 2. The van der Waals surface area contributed by atoms with Crippen molar-refractivity contribution in [2.24, 2.45) is 0 Å².